The lowest BCUT2D eigenvalue weighted by Crippen LogP contribution is -2.60. The summed E-state index contributed by atoms with van der Waals surface area (Å²) in [7, 11) is 0. The van der Waals surface area contributed by atoms with Crippen LogP contribution in [0.25, 0.3) is 0 Å². The minimum atomic E-state index is -0.207. The summed E-state index contributed by atoms with van der Waals surface area (Å²) in [5, 5.41) is 0. The Labute approximate surface area is 120 Å². The Morgan fingerprint density at radius 2 is 2.00 bits per heavy atom. The molecule has 1 aliphatic heterocycles. The minimum Gasteiger partial charge on any atom is -0.375 e. The maximum atomic E-state index is 13.5. The lowest BCUT2D eigenvalue weighted by atomic mass is 9.82. The van der Waals surface area contributed by atoms with Crippen molar-refractivity contribution in [2.75, 3.05) is 18.0 Å². The molecule has 2 unspecified atom stereocenters. The third-order valence-corrected chi connectivity index (χ3v) is 4.19. The van der Waals surface area contributed by atoms with Gasteiger partial charge < -0.3 is 15.4 Å². The summed E-state index contributed by atoms with van der Waals surface area (Å²) in [4.78, 5) is 2.24. The molecular formula is C16H25FN2O. The number of halogens is 1. The normalized spacial score (nSPS) is 30.2. The van der Waals surface area contributed by atoms with Crippen molar-refractivity contribution in [2.24, 2.45) is 5.73 Å². The maximum Gasteiger partial charge on any atom is 0.125 e. The van der Waals surface area contributed by atoms with Gasteiger partial charge >= 0.3 is 0 Å². The van der Waals surface area contributed by atoms with E-state index in [1.807, 2.05) is 6.07 Å². The highest BCUT2D eigenvalue weighted by atomic mass is 19.1. The predicted molar refractivity (Wildman–Crippen MR) is 80.4 cm³/mol. The molecule has 0 aliphatic carbocycles. The molecule has 0 amide bonds. The molecule has 2 rings (SSSR count). The van der Waals surface area contributed by atoms with Gasteiger partial charge in [-0.15, -0.1) is 0 Å². The van der Waals surface area contributed by atoms with Crippen LogP contribution in [0, 0.1) is 5.82 Å². The fourth-order valence-corrected chi connectivity index (χ4v) is 3.58. The molecule has 1 saturated heterocycles. The highest BCUT2D eigenvalue weighted by molar-refractivity contribution is 5.49. The number of rotatable bonds is 4. The van der Waals surface area contributed by atoms with Gasteiger partial charge in [0.25, 0.3) is 0 Å². The van der Waals surface area contributed by atoms with E-state index in [0.29, 0.717) is 6.54 Å². The smallest absolute Gasteiger partial charge is 0.125 e. The van der Waals surface area contributed by atoms with Crippen molar-refractivity contribution in [1.29, 1.82) is 0 Å². The van der Waals surface area contributed by atoms with Crippen molar-refractivity contribution in [3.05, 3.63) is 30.1 Å². The zero-order chi connectivity index (χ0) is 14.8. The number of hydrogen-bond acceptors (Lipinski definition) is 3. The van der Waals surface area contributed by atoms with Crippen molar-refractivity contribution in [3.63, 3.8) is 0 Å². The van der Waals surface area contributed by atoms with Gasteiger partial charge in [-0.05, 0) is 51.8 Å². The fourth-order valence-electron chi connectivity index (χ4n) is 3.58. The van der Waals surface area contributed by atoms with E-state index in [0.717, 1.165) is 25.1 Å². The summed E-state index contributed by atoms with van der Waals surface area (Å²) in [5.41, 5.74) is 6.87. The van der Waals surface area contributed by atoms with Crippen LogP contribution in [0.3, 0.4) is 0 Å². The Morgan fingerprint density at radius 1 is 1.35 bits per heavy atom. The summed E-state index contributed by atoms with van der Waals surface area (Å²) in [6, 6.07) is 6.77. The Morgan fingerprint density at radius 3 is 2.50 bits per heavy atom. The SMILES string of the molecule is CCN(c1cccc(F)c1)C1(CN)CC(C)OC(C)C1. The molecule has 0 spiro atoms. The number of hydrogen-bond donors (Lipinski definition) is 1. The zero-order valence-corrected chi connectivity index (χ0v) is 12.6. The molecule has 0 radical (unpaired) electrons. The van der Waals surface area contributed by atoms with Crippen molar-refractivity contribution in [2.45, 2.75) is 51.4 Å². The molecule has 1 aromatic carbocycles. The van der Waals surface area contributed by atoms with Crippen LogP contribution in [0.4, 0.5) is 10.1 Å². The van der Waals surface area contributed by atoms with E-state index in [1.54, 1.807) is 12.1 Å². The highest BCUT2D eigenvalue weighted by Gasteiger charge is 2.42. The van der Waals surface area contributed by atoms with Crippen molar-refractivity contribution in [3.8, 4) is 0 Å². The first-order valence-corrected chi connectivity index (χ1v) is 7.39. The fraction of sp³-hybridized carbons (Fsp3) is 0.625. The standard InChI is InChI=1S/C16H25FN2O/c1-4-19(15-7-5-6-14(17)8-15)16(11-18)9-12(2)20-13(3)10-16/h5-8,12-13H,4,9-11,18H2,1-3H3. The van der Waals surface area contributed by atoms with Gasteiger partial charge in [-0.3, -0.25) is 0 Å². The molecule has 1 fully saturated rings. The quantitative estimate of drug-likeness (QED) is 0.921. The predicted octanol–water partition coefficient (Wildman–Crippen LogP) is 2.94. The molecule has 20 heavy (non-hydrogen) atoms. The monoisotopic (exact) mass is 280 g/mol. The van der Waals surface area contributed by atoms with E-state index < -0.39 is 0 Å². The maximum absolute atomic E-state index is 13.5. The van der Waals surface area contributed by atoms with Crippen LogP contribution in [0.2, 0.25) is 0 Å². The number of benzene rings is 1. The van der Waals surface area contributed by atoms with Gasteiger partial charge in [0.1, 0.15) is 5.82 Å². The molecule has 0 aromatic heterocycles. The molecule has 4 heteroatoms. The number of likely N-dealkylation sites (N-methyl/N-ethyl adjacent to an activating group) is 1. The Kier molecular flexibility index (Phi) is 4.66. The summed E-state index contributed by atoms with van der Waals surface area (Å²) in [6.45, 7) is 7.61. The highest BCUT2D eigenvalue weighted by Crippen LogP contribution is 2.36. The average molecular weight is 280 g/mol. The Balaban J connectivity index is 2.36. The van der Waals surface area contributed by atoms with Crippen LogP contribution in [-0.2, 0) is 4.74 Å². The van der Waals surface area contributed by atoms with Crippen LogP contribution in [0.5, 0.6) is 0 Å². The van der Waals surface area contributed by atoms with Crippen LogP contribution in [-0.4, -0.2) is 30.8 Å². The van der Waals surface area contributed by atoms with Gasteiger partial charge in [0.05, 0.1) is 17.7 Å². The van der Waals surface area contributed by atoms with Crippen LogP contribution in [0.1, 0.15) is 33.6 Å². The number of ether oxygens (including phenoxy) is 1. The molecule has 0 saturated carbocycles. The van der Waals surface area contributed by atoms with E-state index in [2.05, 4.69) is 25.7 Å². The Bertz CT molecular complexity index is 442. The number of nitrogens with zero attached hydrogens (tertiary/aromatic N) is 1. The van der Waals surface area contributed by atoms with Gasteiger partial charge in [0, 0.05) is 18.8 Å². The first-order valence-electron chi connectivity index (χ1n) is 7.39. The molecule has 1 aliphatic rings. The molecule has 2 N–H and O–H groups in total. The molecule has 112 valence electrons. The Hall–Kier alpha value is -1.13. The topological polar surface area (TPSA) is 38.5 Å². The van der Waals surface area contributed by atoms with Gasteiger partial charge in [0.2, 0.25) is 0 Å². The molecule has 0 bridgehead atoms. The summed E-state index contributed by atoms with van der Waals surface area (Å²) >= 11 is 0. The average Bonchev–Trinajstić information content (AvgIpc) is 2.38. The van der Waals surface area contributed by atoms with Gasteiger partial charge in [0.15, 0.2) is 0 Å². The molecule has 2 atom stereocenters. The van der Waals surface area contributed by atoms with Crippen LogP contribution < -0.4 is 10.6 Å². The van der Waals surface area contributed by atoms with Gasteiger partial charge in [-0.1, -0.05) is 6.07 Å². The second kappa shape index (κ2) is 6.10. The van der Waals surface area contributed by atoms with Crippen molar-refractivity contribution >= 4 is 5.69 Å². The second-order valence-electron chi connectivity index (χ2n) is 5.82. The lowest BCUT2D eigenvalue weighted by Gasteiger charge is -2.50. The van der Waals surface area contributed by atoms with E-state index >= 15 is 0 Å². The second-order valence-corrected chi connectivity index (χ2v) is 5.82. The van der Waals surface area contributed by atoms with E-state index in [1.165, 1.54) is 6.07 Å². The lowest BCUT2D eigenvalue weighted by molar-refractivity contribution is -0.0599. The summed E-state index contributed by atoms with van der Waals surface area (Å²) in [6.07, 6.45) is 2.09. The van der Waals surface area contributed by atoms with Crippen LogP contribution >= 0.6 is 0 Å². The molecular weight excluding hydrogens is 255 g/mol. The van der Waals surface area contributed by atoms with Gasteiger partial charge in [-0.2, -0.15) is 0 Å². The van der Waals surface area contributed by atoms with Crippen molar-refractivity contribution in [1.82, 2.24) is 0 Å². The third-order valence-electron chi connectivity index (χ3n) is 4.19. The largest absolute Gasteiger partial charge is 0.375 e. The minimum absolute atomic E-state index is 0.153. The first-order chi connectivity index (χ1) is 9.50. The molecule has 3 nitrogen and oxygen atoms in total. The third kappa shape index (κ3) is 2.96. The number of nitrogens with two attached hydrogens (primary N) is 1. The van der Waals surface area contributed by atoms with Crippen molar-refractivity contribution < 1.29 is 9.13 Å². The van der Waals surface area contributed by atoms with E-state index in [4.69, 9.17) is 10.5 Å². The van der Waals surface area contributed by atoms with Gasteiger partial charge in [-0.25, -0.2) is 4.39 Å². The summed E-state index contributed by atoms with van der Waals surface area (Å²) < 4.78 is 19.4. The van der Waals surface area contributed by atoms with Crippen LogP contribution in [0.15, 0.2) is 24.3 Å². The van der Waals surface area contributed by atoms with E-state index in [9.17, 15) is 4.39 Å². The first kappa shape index (κ1) is 15.3. The van der Waals surface area contributed by atoms with E-state index in [-0.39, 0.29) is 23.6 Å². The molecule has 1 aromatic rings. The molecule has 1 heterocycles. The zero-order valence-electron chi connectivity index (χ0n) is 12.6. The number of anilines is 1. The summed E-state index contributed by atoms with van der Waals surface area (Å²) in [5.74, 6) is -0.207.